The zero-order valence-corrected chi connectivity index (χ0v) is 11.6. The molecule has 0 fully saturated rings. The molecule has 1 aromatic carbocycles. The van der Waals surface area contributed by atoms with E-state index >= 15 is 0 Å². The number of sulfonamides is 1. The van der Waals surface area contributed by atoms with E-state index in [1.165, 1.54) is 17.5 Å². The van der Waals surface area contributed by atoms with Crippen molar-refractivity contribution in [3.63, 3.8) is 0 Å². The van der Waals surface area contributed by atoms with Gasteiger partial charge in [-0.3, -0.25) is 4.31 Å². The highest BCUT2D eigenvalue weighted by molar-refractivity contribution is 7.94. The lowest BCUT2D eigenvalue weighted by molar-refractivity contribution is 0.596. The SMILES string of the molecule is Cc1ncc(S(=O)(=O)N(C)c2cccc(N)c2)s1. The molecule has 2 aromatic rings. The number of hydrogen-bond donors (Lipinski definition) is 1. The first kappa shape index (κ1) is 12.8. The number of benzene rings is 1. The first-order valence-electron chi connectivity index (χ1n) is 5.18. The van der Waals surface area contributed by atoms with Crippen LogP contribution in [-0.4, -0.2) is 20.4 Å². The molecule has 0 spiro atoms. The fourth-order valence-electron chi connectivity index (χ4n) is 1.46. The molecule has 0 amide bonds. The van der Waals surface area contributed by atoms with Crippen molar-refractivity contribution in [1.82, 2.24) is 4.98 Å². The third-order valence-corrected chi connectivity index (χ3v) is 5.58. The van der Waals surface area contributed by atoms with Crippen molar-refractivity contribution in [2.24, 2.45) is 0 Å². The van der Waals surface area contributed by atoms with E-state index in [0.717, 1.165) is 16.3 Å². The zero-order valence-electron chi connectivity index (χ0n) is 9.99. The van der Waals surface area contributed by atoms with E-state index in [2.05, 4.69) is 4.98 Å². The van der Waals surface area contributed by atoms with Crippen molar-refractivity contribution in [2.45, 2.75) is 11.1 Å². The lowest BCUT2D eigenvalue weighted by atomic mass is 10.3. The second-order valence-corrected chi connectivity index (χ2v) is 7.20. The summed E-state index contributed by atoms with van der Waals surface area (Å²) in [6.07, 6.45) is 1.37. The van der Waals surface area contributed by atoms with Crippen LogP contribution in [0.5, 0.6) is 0 Å². The molecule has 5 nitrogen and oxygen atoms in total. The van der Waals surface area contributed by atoms with E-state index in [0.29, 0.717) is 11.4 Å². The van der Waals surface area contributed by atoms with E-state index in [9.17, 15) is 8.42 Å². The number of hydrogen-bond acceptors (Lipinski definition) is 5. The molecule has 1 aromatic heterocycles. The van der Waals surface area contributed by atoms with Gasteiger partial charge in [0.25, 0.3) is 10.0 Å². The van der Waals surface area contributed by atoms with Gasteiger partial charge in [-0.25, -0.2) is 13.4 Å². The van der Waals surface area contributed by atoms with Gasteiger partial charge in [-0.15, -0.1) is 11.3 Å². The summed E-state index contributed by atoms with van der Waals surface area (Å²) in [5.41, 5.74) is 6.70. The highest BCUT2D eigenvalue weighted by Crippen LogP contribution is 2.26. The maximum Gasteiger partial charge on any atom is 0.275 e. The Kier molecular flexibility index (Phi) is 3.27. The average Bonchev–Trinajstić information content (AvgIpc) is 2.75. The molecule has 0 saturated carbocycles. The van der Waals surface area contributed by atoms with Crippen molar-refractivity contribution in [2.75, 3.05) is 17.1 Å². The first-order chi connectivity index (χ1) is 8.41. The number of nitrogens with zero attached hydrogens (tertiary/aromatic N) is 2. The molecule has 96 valence electrons. The van der Waals surface area contributed by atoms with Crippen LogP contribution in [0, 0.1) is 6.92 Å². The number of aromatic nitrogens is 1. The predicted molar refractivity (Wildman–Crippen MR) is 73.3 cm³/mol. The Balaban J connectivity index is 2.42. The van der Waals surface area contributed by atoms with Crippen molar-refractivity contribution in [3.05, 3.63) is 35.5 Å². The van der Waals surface area contributed by atoms with Gasteiger partial charge in [0.2, 0.25) is 0 Å². The lowest BCUT2D eigenvalue weighted by Gasteiger charge is -2.18. The van der Waals surface area contributed by atoms with Crippen LogP contribution in [-0.2, 0) is 10.0 Å². The van der Waals surface area contributed by atoms with Gasteiger partial charge in [-0.1, -0.05) is 6.07 Å². The summed E-state index contributed by atoms with van der Waals surface area (Å²) in [6.45, 7) is 1.77. The quantitative estimate of drug-likeness (QED) is 0.872. The van der Waals surface area contributed by atoms with Crippen LogP contribution >= 0.6 is 11.3 Å². The largest absolute Gasteiger partial charge is 0.399 e. The second-order valence-electron chi connectivity index (χ2n) is 3.77. The van der Waals surface area contributed by atoms with Gasteiger partial charge in [0.15, 0.2) is 4.21 Å². The maximum absolute atomic E-state index is 12.3. The van der Waals surface area contributed by atoms with Crippen LogP contribution in [0.15, 0.2) is 34.7 Å². The monoisotopic (exact) mass is 283 g/mol. The molecule has 0 radical (unpaired) electrons. The summed E-state index contributed by atoms with van der Waals surface area (Å²) in [5, 5.41) is 0.717. The van der Waals surface area contributed by atoms with Crippen LogP contribution in [0.25, 0.3) is 0 Å². The van der Waals surface area contributed by atoms with Crippen LogP contribution < -0.4 is 10.0 Å². The van der Waals surface area contributed by atoms with E-state index in [4.69, 9.17) is 5.73 Å². The Morgan fingerprint density at radius 3 is 2.67 bits per heavy atom. The number of thiazole rings is 1. The van der Waals surface area contributed by atoms with E-state index in [1.54, 1.807) is 31.2 Å². The summed E-state index contributed by atoms with van der Waals surface area (Å²) >= 11 is 1.15. The molecule has 18 heavy (non-hydrogen) atoms. The van der Waals surface area contributed by atoms with Gasteiger partial charge in [0, 0.05) is 12.7 Å². The summed E-state index contributed by atoms with van der Waals surface area (Å²) in [7, 11) is -2.05. The van der Waals surface area contributed by atoms with E-state index < -0.39 is 10.0 Å². The molecular formula is C11H13N3O2S2. The lowest BCUT2D eigenvalue weighted by Crippen LogP contribution is -2.25. The third kappa shape index (κ3) is 2.32. The normalized spacial score (nSPS) is 11.4. The van der Waals surface area contributed by atoms with E-state index in [1.807, 2.05) is 0 Å². The highest BCUT2D eigenvalue weighted by Gasteiger charge is 2.23. The van der Waals surface area contributed by atoms with Gasteiger partial charge in [0.05, 0.1) is 16.9 Å². The molecule has 0 bridgehead atoms. The van der Waals surface area contributed by atoms with Crippen LogP contribution in [0.4, 0.5) is 11.4 Å². The number of anilines is 2. The van der Waals surface area contributed by atoms with Gasteiger partial charge in [-0.2, -0.15) is 0 Å². The van der Waals surface area contributed by atoms with Gasteiger partial charge in [0.1, 0.15) is 0 Å². The van der Waals surface area contributed by atoms with Gasteiger partial charge >= 0.3 is 0 Å². The molecule has 1 heterocycles. The minimum atomic E-state index is -3.55. The number of nitrogen functional groups attached to an aromatic ring is 1. The summed E-state index contributed by atoms with van der Waals surface area (Å²) < 4.78 is 26.1. The van der Waals surface area contributed by atoms with Crippen LogP contribution in [0.3, 0.4) is 0 Å². The Bertz CT molecular complexity index is 664. The van der Waals surface area contributed by atoms with Crippen molar-refractivity contribution in [1.29, 1.82) is 0 Å². The van der Waals surface area contributed by atoms with Gasteiger partial charge < -0.3 is 5.73 Å². The maximum atomic E-state index is 12.3. The molecular weight excluding hydrogens is 270 g/mol. The third-order valence-electron chi connectivity index (χ3n) is 2.45. The summed E-state index contributed by atoms with van der Waals surface area (Å²) in [5.74, 6) is 0. The molecule has 0 unspecified atom stereocenters. The van der Waals surface area contributed by atoms with Crippen LogP contribution in [0.1, 0.15) is 5.01 Å². The standard InChI is InChI=1S/C11H13N3O2S2/c1-8-13-7-11(17-8)18(15,16)14(2)10-5-3-4-9(12)6-10/h3-7H,12H2,1-2H3. The first-order valence-corrected chi connectivity index (χ1v) is 7.44. The zero-order chi connectivity index (χ0) is 13.3. The summed E-state index contributed by atoms with van der Waals surface area (Å²) in [6, 6.07) is 6.74. The van der Waals surface area contributed by atoms with Crippen molar-refractivity contribution >= 4 is 32.7 Å². The molecule has 0 saturated heterocycles. The minimum Gasteiger partial charge on any atom is -0.399 e. The van der Waals surface area contributed by atoms with Crippen molar-refractivity contribution in [3.8, 4) is 0 Å². The predicted octanol–water partition coefficient (Wildman–Crippen LogP) is 1.86. The Morgan fingerprint density at radius 1 is 1.39 bits per heavy atom. The smallest absolute Gasteiger partial charge is 0.275 e. The molecule has 0 aliphatic rings. The Labute approximate surface area is 110 Å². The molecule has 2 rings (SSSR count). The van der Waals surface area contributed by atoms with Crippen LogP contribution in [0.2, 0.25) is 0 Å². The fourth-order valence-corrected chi connectivity index (χ4v) is 3.92. The molecule has 2 N–H and O–H groups in total. The topological polar surface area (TPSA) is 76.3 Å². The molecule has 0 aliphatic carbocycles. The minimum absolute atomic E-state index is 0.227. The van der Waals surface area contributed by atoms with Crippen molar-refractivity contribution < 1.29 is 8.42 Å². The Hall–Kier alpha value is -1.60. The number of rotatable bonds is 3. The average molecular weight is 283 g/mol. The highest BCUT2D eigenvalue weighted by atomic mass is 32.2. The summed E-state index contributed by atoms with van der Waals surface area (Å²) in [4.78, 5) is 3.96. The number of aryl methyl sites for hydroxylation is 1. The Morgan fingerprint density at radius 2 is 2.11 bits per heavy atom. The molecule has 0 aliphatic heterocycles. The number of nitrogens with two attached hydrogens (primary N) is 1. The van der Waals surface area contributed by atoms with E-state index in [-0.39, 0.29) is 4.21 Å². The second kappa shape index (κ2) is 4.58. The molecule has 7 heteroatoms. The molecule has 0 atom stereocenters. The van der Waals surface area contributed by atoms with Gasteiger partial charge in [-0.05, 0) is 25.1 Å². The fraction of sp³-hybridized carbons (Fsp3) is 0.182.